The summed E-state index contributed by atoms with van der Waals surface area (Å²) >= 11 is 0. The Morgan fingerprint density at radius 2 is 1.42 bits per heavy atom. The van der Waals surface area contributed by atoms with Gasteiger partial charge in [0.25, 0.3) is 0 Å². The van der Waals surface area contributed by atoms with Crippen molar-refractivity contribution < 1.29 is 9.59 Å². The minimum Gasteiger partial charge on any atom is -0.273 e. The Hall–Kier alpha value is -0.900. The number of hydrogen-bond donors (Lipinski definition) is 1. The largest absolute Gasteiger partial charge is 0.273 e. The fourth-order valence-corrected chi connectivity index (χ4v) is 0.808. The maximum Gasteiger partial charge on any atom is 0.243 e. The summed E-state index contributed by atoms with van der Waals surface area (Å²) in [6, 6.07) is 0. The van der Waals surface area contributed by atoms with E-state index >= 15 is 0 Å². The van der Waals surface area contributed by atoms with E-state index in [4.69, 9.17) is 5.84 Å². The molecule has 2 N–H and O–H groups in total. The average molecular weight is 172 g/mol. The third-order valence-corrected chi connectivity index (χ3v) is 1.47. The quantitative estimate of drug-likeness (QED) is 0.388. The van der Waals surface area contributed by atoms with E-state index in [2.05, 4.69) is 0 Å². The molecule has 0 saturated carbocycles. The molecule has 0 aromatic rings. The normalized spacial score (nSPS) is 9.58. The van der Waals surface area contributed by atoms with Crippen molar-refractivity contribution in [3.63, 3.8) is 0 Å². The molecule has 0 aliphatic rings. The molecule has 0 spiro atoms. The topological polar surface area (TPSA) is 63.4 Å². The molecule has 0 fully saturated rings. The van der Waals surface area contributed by atoms with Gasteiger partial charge in [-0.05, 0) is 12.8 Å². The number of nitrogens with two attached hydrogens (primary N) is 1. The molecular formula is C8H16N2O2. The van der Waals surface area contributed by atoms with Gasteiger partial charge in [0.05, 0.1) is 0 Å². The van der Waals surface area contributed by atoms with E-state index in [0.29, 0.717) is 25.7 Å². The Bertz CT molecular complexity index is 150. The van der Waals surface area contributed by atoms with Gasteiger partial charge < -0.3 is 0 Å². The fourth-order valence-electron chi connectivity index (χ4n) is 0.808. The van der Waals surface area contributed by atoms with Crippen molar-refractivity contribution in [2.24, 2.45) is 5.84 Å². The summed E-state index contributed by atoms with van der Waals surface area (Å²) in [5.74, 6) is 4.68. The van der Waals surface area contributed by atoms with Crippen molar-refractivity contribution in [2.75, 3.05) is 0 Å². The van der Waals surface area contributed by atoms with Gasteiger partial charge >= 0.3 is 0 Å². The van der Waals surface area contributed by atoms with Crippen LogP contribution < -0.4 is 5.84 Å². The third kappa shape index (κ3) is 3.48. The second-order valence-corrected chi connectivity index (χ2v) is 2.66. The van der Waals surface area contributed by atoms with Gasteiger partial charge in [0.15, 0.2) is 0 Å². The monoisotopic (exact) mass is 172 g/mol. The molecule has 4 nitrogen and oxygen atoms in total. The zero-order valence-electron chi connectivity index (χ0n) is 7.67. The first-order chi connectivity index (χ1) is 5.63. The highest BCUT2D eigenvalue weighted by molar-refractivity contribution is 5.94. The van der Waals surface area contributed by atoms with Gasteiger partial charge in [-0.25, -0.2) is 10.9 Å². The van der Waals surface area contributed by atoms with Crippen LogP contribution in [-0.4, -0.2) is 16.8 Å². The summed E-state index contributed by atoms with van der Waals surface area (Å²) in [6.07, 6.45) is 2.11. The Morgan fingerprint density at radius 1 is 1.08 bits per heavy atom. The van der Waals surface area contributed by atoms with E-state index in [9.17, 15) is 9.59 Å². The molecule has 0 radical (unpaired) electrons. The molecule has 0 unspecified atom stereocenters. The van der Waals surface area contributed by atoms with Gasteiger partial charge in [-0.1, -0.05) is 13.8 Å². The Kier molecular flexibility index (Phi) is 5.28. The van der Waals surface area contributed by atoms with Gasteiger partial charge in [0.2, 0.25) is 11.8 Å². The van der Waals surface area contributed by atoms with Crippen molar-refractivity contribution in [1.82, 2.24) is 5.01 Å². The lowest BCUT2D eigenvalue weighted by atomic mass is 10.3. The second-order valence-electron chi connectivity index (χ2n) is 2.66. The molecule has 0 atom stereocenters. The van der Waals surface area contributed by atoms with Crippen molar-refractivity contribution in [2.45, 2.75) is 39.5 Å². The standard InChI is InChI=1S/C8H16N2O2/c1-3-5-7(11)10(9)8(12)6-4-2/h3-6,9H2,1-2H3. The Morgan fingerprint density at radius 3 is 1.67 bits per heavy atom. The van der Waals surface area contributed by atoms with Crippen LogP contribution in [0, 0.1) is 0 Å². The van der Waals surface area contributed by atoms with E-state index in [1.165, 1.54) is 0 Å². The molecule has 12 heavy (non-hydrogen) atoms. The number of rotatable bonds is 4. The lowest BCUT2D eigenvalue weighted by Crippen LogP contribution is -2.42. The molecule has 2 amide bonds. The predicted octanol–water partition coefficient (Wildman–Crippen LogP) is 0.815. The maximum absolute atomic E-state index is 11.0. The zero-order chi connectivity index (χ0) is 9.56. The maximum atomic E-state index is 11.0. The number of hydrogen-bond acceptors (Lipinski definition) is 3. The average Bonchev–Trinajstić information content (AvgIpc) is 2.04. The summed E-state index contributed by atoms with van der Waals surface area (Å²) < 4.78 is 0. The van der Waals surface area contributed by atoms with Gasteiger partial charge in [0, 0.05) is 12.8 Å². The molecule has 0 aromatic heterocycles. The molecule has 70 valence electrons. The first kappa shape index (κ1) is 11.1. The van der Waals surface area contributed by atoms with Crippen molar-refractivity contribution in [3.05, 3.63) is 0 Å². The van der Waals surface area contributed by atoms with Crippen LogP contribution in [0.25, 0.3) is 0 Å². The van der Waals surface area contributed by atoms with Gasteiger partial charge in [-0.15, -0.1) is 0 Å². The molecule has 0 saturated heterocycles. The molecular weight excluding hydrogens is 156 g/mol. The second kappa shape index (κ2) is 5.71. The lowest BCUT2D eigenvalue weighted by Gasteiger charge is -2.13. The number of carbonyl (C=O) groups excluding carboxylic acids is 2. The van der Waals surface area contributed by atoms with Crippen LogP contribution in [0.3, 0.4) is 0 Å². The van der Waals surface area contributed by atoms with Gasteiger partial charge in [0.1, 0.15) is 0 Å². The van der Waals surface area contributed by atoms with E-state index in [1.807, 2.05) is 13.8 Å². The first-order valence-corrected chi connectivity index (χ1v) is 4.23. The van der Waals surface area contributed by atoms with E-state index < -0.39 is 0 Å². The van der Waals surface area contributed by atoms with Crippen LogP contribution in [0.15, 0.2) is 0 Å². The van der Waals surface area contributed by atoms with Gasteiger partial charge in [-0.2, -0.15) is 0 Å². The fraction of sp³-hybridized carbons (Fsp3) is 0.750. The summed E-state index contributed by atoms with van der Waals surface area (Å²) in [7, 11) is 0. The van der Waals surface area contributed by atoms with E-state index in [1.54, 1.807) is 0 Å². The summed E-state index contributed by atoms with van der Waals surface area (Å²) in [6.45, 7) is 3.74. The minimum atomic E-state index is -0.295. The highest BCUT2D eigenvalue weighted by Gasteiger charge is 2.14. The first-order valence-electron chi connectivity index (χ1n) is 4.23. The van der Waals surface area contributed by atoms with Crippen LogP contribution in [0.1, 0.15) is 39.5 Å². The number of nitrogens with zero attached hydrogens (tertiary/aromatic N) is 1. The minimum absolute atomic E-state index is 0.295. The van der Waals surface area contributed by atoms with Gasteiger partial charge in [-0.3, -0.25) is 9.59 Å². The van der Waals surface area contributed by atoms with Crippen molar-refractivity contribution in [1.29, 1.82) is 0 Å². The van der Waals surface area contributed by atoms with Crippen molar-refractivity contribution >= 4 is 11.8 Å². The Labute approximate surface area is 72.7 Å². The number of imide groups is 1. The summed E-state index contributed by atoms with van der Waals surface area (Å²) in [5.41, 5.74) is 0. The SMILES string of the molecule is CCCC(=O)N(N)C(=O)CCC. The van der Waals surface area contributed by atoms with Crippen molar-refractivity contribution in [3.8, 4) is 0 Å². The van der Waals surface area contributed by atoms with Crippen LogP contribution in [0.5, 0.6) is 0 Å². The molecule has 0 rings (SSSR count). The molecule has 0 bridgehead atoms. The third-order valence-electron chi connectivity index (χ3n) is 1.47. The lowest BCUT2D eigenvalue weighted by molar-refractivity contribution is -0.145. The smallest absolute Gasteiger partial charge is 0.243 e. The molecule has 0 aromatic carbocycles. The van der Waals surface area contributed by atoms with Crippen LogP contribution in [0.4, 0.5) is 0 Å². The summed E-state index contributed by atoms with van der Waals surface area (Å²) in [4.78, 5) is 22.1. The van der Waals surface area contributed by atoms with Crippen LogP contribution >= 0.6 is 0 Å². The van der Waals surface area contributed by atoms with E-state index in [0.717, 1.165) is 5.01 Å². The number of carbonyl (C=O) groups is 2. The molecule has 0 aliphatic heterocycles. The Balaban J connectivity index is 3.91. The zero-order valence-corrected chi connectivity index (χ0v) is 7.67. The number of amides is 2. The highest BCUT2D eigenvalue weighted by Crippen LogP contribution is 1.97. The van der Waals surface area contributed by atoms with E-state index in [-0.39, 0.29) is 11.8 Å². The highest BCUT2D eigenvalue weighted by atomic mass is 16.2. The number of hydrazine groups is 1. The summed E-state index contributed by atoms with van der Waals surface area (Å²) in [5, 5.41) is 0.729. The van der Waals surface area contributed by atoms with Crippen LogP contribution in [-0.2, 0) is 9.59 Å². The van der Waals surface area contributed by atoms with Crippen LogP contribution in [0.2, 0.25) is 0 Å². The molecule has 0 aliphatic carbocycles. The predicted molar refractivity (Wildman–Crippen MR) is 45.9 cm³/mol. The molecule has 0 heterocycles. The molecule has 4 heteroatoms.